The number of carbonyl (C=O) groups is 2. The standard InChI is InChI=1S/C18H25NO3/c1-13(2)16-10-8-15(9-11-16)6-5-7-17(20)19(4)12-14(3)18(21)22/h5-6,8-11,13-14H,7,12H2,1-4H3,(H,21,22)/b6-5+. The second-order valence-electron chi connectivity index (χ2n) is 5.94. The number of hydrogen-bond donors (Lipinski definition) is 1. The highest BCUT2D eigenvalue weighted by Gasteiger charge is 2.16. The molecule has 1 amide bonds. The number of carboxylic acid groups (broad SMARTS) is 1. The van der Waals surface area contributed by atoms with Gasteiger partial charge in [0.05, 0.1) is 5.92 Å². The number of hydrogen-bond acceptors (Lipinski definition) is 2. The van der Waals surface area contributed by atoms with Crippen LogP contribution in [0.4, 0.5) is 0 Å². The van der Waals surface area contributed by atoms with E-state index in [-0.39, 0.29) is 18.9 Å². The molecular formula is C18H25NO3. The molecule has 1 N–H and O–H groups in total. The lowest BCUT2D eigenvalue weighted by Gasteiger charge is -2.18. The van der Waals surface area contributed by atoms with Crippen LogP contribution in [0.1, 0.15) is 44.2 Å². The molecule has 0 fully saturated rings. The molecule has 1 unspecified atom stereocenters. The molecule has 0 aromatic heterocycles. The third kappa shape index (κ3) is 5.72. The van der Waals surface area contributed by atoms with Gasteiger partial charge in [0.25, 0.3) is 0 Å². The molecule has 120 valence electrons. The molecule has 4 nitrogen and oxygen atoms in total. The van der Waals surface area contributed by atoms with E-state index in [2.05, 4.69) is 26.0 Å². The SMILES string of the molecule is CC(CN(C)C(=O)C/C=C/c1ccc(C(C)C)cc1)C(=O)O. The predicted molar refractivity (Wildman–Crippen MR) is 88.6 cm³/mol. The van der Waals surface area contributed by atoms with Gasteiger partial charge in [-0.25, -0.2) is 0 Å². The number of amides is 1. The highest BCUT2D eigenvalue weighted by atomic mass is 16.4. The number of carboxylic acids is 1. The maximum absolute atomic E-state index is 11.9. The molecular weight excluding hydrogens is 278 g/mol. The van der Waals surface area contributed by atoms with Crippen molar-refractivity contribution in [3.8, 4) is 0 Å². The van der Waals surface area contributed by atoms with Crippen LogP contribution in [0.15, 0.2) is 30.3 Å². The second-order valence-corrected chi connectivity index (χ2v) is 5.94. The lowest BCUT2D eigenvalue weighted by molar-refractivity contribution is -0.142. The van der Waals surface area contributed by atoms with E-state index < -0.39 is 11.9 Å². The summed E-state index contributed by atoms with van der Waals surface area (Å²) in [7, 11) is 1.63. The Morgan fingerprint density at radius 2 is 1.77 bits per heavy atom. The number of carbonyl (C=O) groups excluding carboxylic acids is 1. The molecule has 0 aliphatic heterocycles. The zero-order valence-corrected chi connectivity index (χ0v) is 13.7. The van der Waals surface area contributed by atoms with Crippen molar-refractivity contribution in [2.24, 2.45) is 5.92 Å². The Bertz CT molecular complexity index is 532. The van der Waals surface area contributed by atoms with Gasteiger partial charge in [0.15, 0.2) is 0 Å². The van der Waals surface area contributed by atoms with Crippen LogP contribution in [-0.4, -0.2) is 35.5 Å². The predicted octanol–water partition coefficient (Wildman–Crippen LogP) is 3.39. The Balaban J connectivity index is 2.50. The van der Waals surface area contributed by atoms with Gasteiger partial charge in [0, 0.05) is 20.0 Å². The van der Waals surface area contributed by atoms with Crippen LogP contribution >= 0.6 is 0 Å². The monoisotopic (exact) mass is 303 g/mol. The van der Waals surface area contributed by atoms with Crippen molar-refractivity contribution in [3.05, 3.63) is 41.5 Å². The van der Waals surface area contributed by atoms with E-state index in [4.69, 9.17) is 5.11 Å². The summed E-state index contributed by atoms with van der Waals surface area (Å²) in [5.41, 5.74) is 2.34. The number of benzene rings is 1. The Labute approximate surface area is 132 Å². The Hall–Kier alpha value is -2.10. The van der Waals surface area contributed by atoms with Crippen LogP contribution in [0.2, 0.25) is 0 Å². The van der Waals surface area contributed by atoms with Crippen molar-refractivity contribution < 1.29 is 14.7 Å². The average molecular weight is 303 g/mol. The van der Waals surface area contributed by atoms with Gasteiger partial charge in [0.2, 0.25) is 5.91 Å². The van der Waals surface area contributed by atoms with Crippen LogP contribution in [0.5, 0.6) is 0 Å². The molecule has 22 heavy (non-hydrogen) atoms. The average Bonchev–Trinajstić information content (AvgIpc) is 2.47. The molecule has 0 aliphatic carbocycles. The summed E-state index contributed by atoms with van der Waals surface area (Å²) in [5, 5.41) is 8.85. The lowest BCUT2D eigenvalue weighted by Crippen LogP contribution is -2.33. The first kappa shape index (κ1) is 18.0. The summed E-state index contributed by atoms with van der Waals surface area (Å²) in [4.78, 5) is 24.2. The summed E-state index contributed by atoms with van der Waals surface area (Å²) in [5.74, 6) is -1.02. The van der Waals surface area contributed by atoms with Gasteiger partial charge < -0.3 is 10.0 Å². The second kappa shape index (κ2) is 8.37. The molecule has 1 rings (SSSR count). The first-order chi connectivity index (χ1) is 10.3. The molecule has 0 bridgehead atoms. The molecule has 0 aliphatic rings. The van der Waals surface area contributed by atoms with Gasteiger partial charge in [-0.05, 0) is 17.0 Å². The maximum Gasteiger partial charge on any atom is 0.308 e. The fourth-order valence-electron chi connectivity index (χ4n) is 2.03. The van der Waals surface area contributed by atoms with Crippen LogP contribution in [0.25, 0.3) is 6.08 Å². The van der Waals surface area contributed by atoms with Crippen molar-refractivity contribution in [2.45, 2.75) is 33.1 Å². The van der Waals surface area contributed by atoms with Crippen molar-refractivity contribution in [1.29, 1.82) is 0 Å². The maximum atomic E-state index is 11.9. The molecule has 0 saturated heterocycles. The van der Waals surface area contributed by atoms with E-state index in [9.17, 15) is 9.59 Å². The fraction of sp³-hybridized carbons (Fsp3) is 0.444. The molecule has 4 heteroatoms. The molecule has 1 aromatic rings. The van der Waals surface area contributed by atoms with Crippen molar-refractivity contribution in [2.75, 3.05) is 13.6 Å². The minimum atomic E-state index is -0.888. The van der Waals surface area contributed by atoms with Crippen LogP contribution < -0.4 is 0 Å². The fourth-order valence-corrected chi connectivity index (χ4v) is 2.03. The zero-order valence-electron chi connectivity index (χ0n) is 13.7. The third-order valence-corrected chi connectivity index (χ3v) is 3.60. The summed E-state index contributed by atoms with van der Waals surface area (Å²) >= 11 is 0. The van der Waals surface area contributed by atoms with E-state index in [1.165, 1.54) is 10.5 Å². The van der Waals surface area contributed by atoms with Crippen LogP contribution in [-0.2, 0) is 9.59 Å². The minimum Gasteiger partial charge on any atom is -0.481 e. The molecule has 0 saturated carbocycles. The number of rotatable bonds is 7. The lowest BCUT2D eigenvalue weighted by atomic mass is 10.0. The van der Waals surface area contributed by atoms with Gasteiger partial charge in [-0.3, -0.25) is 9.59 Å². The molecule has 0 spiro atoms. The van der Waals surface area contributed by atoms with Crippen molar-refractivity contribution >= 4 is 18.0 Å². The molecule has 1 aromatic carbocycles. The van der Waals surface area contributed by atoms with E-state index in [0.717, 1.165) is 5.56 Å². The summed E-state index contributed by atoms with van der Waals surface area (Å²) < 4.78 is 0. The highest BCUT2D eigenvalue weighted by Crippen LogP contribution is 2.15. The molecule has 0 radical (unpaired) electrons. The summed E-state index contributed by atoms with van der Waals surface area (Å²) in [6.07, 6.45) is 4.00. The normalized spacial score (nSPS) is 12.6. The highest BCUT2D eigenvalue weighted by molar-refractivity contribution is 5.79. The van der Waals surface area contributed by atoms with Crippen LogP contribution in [0, 0.1) is 5.92 Å². The van der Waals surface area contributed by atoms with Crippen LogP contribution in [0.3, 0.4) is 0 Å². The topological polar surface area (TPSA) is 57.6 Å². The number of nitrogens with zero attached hydrogens (tertiary/aromatic N) is 1. The first-order valence-corrected chi connectivity index (χ1v) is 7.54. The van der Waals surface area contributed by atoms with E-state index >= 15 is 0 Å². The number of aliphatic carboxylic acids is 1. The summed E-state index contributed by atoms with van der Waals surface area (Å²) in [6.45, 7) is 6.12. The smallest absolute Gasteiger partial charge is 0.308 e. The third-order valence-electron chi connectivity index (χ3n) is 3.60. The minimum absolute atomic E-state index is 0.0804. The molecule has 0 heterocycles. The summed E-state index contributed by atoms with van der Waals surface area (Å²) in [6, 6.07) is 8.25. The quantitative estimate of drug-likeness (QED) is 0.840. The van der Waals surface area contributed by atoms with Gasteiger partial charge in [-0.15, -0.1) is 0 Å². The van der Waals surface area contributed by atoms with Crippen molar-refractivity contribution in [1.82, 2.24) is 4.90 Å². The first-order valence-electron chi connectivity index (χ1n) is 7.54. The van der Waals surface area contributed by atoms with Gasteiger partial charge >= 0.3 is 5.97 Å². The Kier molecular flexibility index (Phi) is 6.83. The van der Waals surface area contributed by atoms with Gasteiger partial charge in [-0.2, -0.15) is 0 Å². The Morgan fingerprint density at radius 3 is 2.27 bits per heavy atom. The van der Waals surface area contributed by atoms with E-state index in [1.807, 2.05) is 24.3 Å². The molecule has 1 atom stereocenters. The Morgan fingerprint density at radius 1 is 1.18 bits per heavy atom. The van der Waals surface area contributed by atoms with E-state index in [0.29, 0.717) is 5.92 Å². The van der Waals surface area contributed by atoms with E-state index in [1.54, 1.807) is 14.0 Å². The van der Waals surface area contributed by atoms with Crippen molar-refractivity contribution in [3.63, 3.8) is 0 Å². The largest absolute Gasteiger partial charge is 0.481 e. The zero-order chi connectivity index (χ0) is 16.7. The van der Waals surface area contributed by atoms with Gasteiger partial charge in [0.1, 0.15) is 0 Å². The van der Waals surface area contributed by atoms with Gasteiger partial charge in [-0.1, -0.05) is 57.2 Å².